The topological polar surface area (TPSA) is 39.4 Å². The lowest BCUT2D eigenvalue weighted by molar-refractivity contribution is 0.101. The van der Waals surface area contributed by atoms with Crippen molar-refractivity contribution in [3.63, 3.8) is 0 Å². The van der Waals surface area contributed by atoms with Crippen molar-refractivity contribution in [2.24, 2.45) is 0 Å². The molecule has 3 nitrogen and oxygen atoms in total. The van der Waals surface area contributed by atoms with Crippen molar-refractivity contribution in [2.75, 3.05) is 7.11 Å². The van der Waals surface area contributed by atoms with Crippen LogP contribution >= 0.6 is 11.6 Å². The van der Waals surface area contributed by atoms with E-state index in [0.717, 1.165) is 10.9 Å². The third-order valence-electron chi connectivity index (χ3n) is 3.30. The summed E-state index contributed by atoms with van der Waals surface area (Å²) < 4.78 is 10.8. The van der Waals surface area contributed by atoms with Gasteiger partial charge >= 0.3 is 0 Å². The summed E-state index contributed by atoms with van der Waals surface area (Å²) in [5.74, 6) is 0.500. The van der Waals surface area contributed by atoms with E-state index < -0.39 is 0 Å². The van der Waals surface area contributed by atoms with E-state index in [0.29, 0.717) is 21.9 Å². The number of hydrogen-bond donors (Lipinski definition) is 0. The molecule has 0 bridgehead atoms. The Hall–Kier alpha value is -2.26. The Balaban J connectivity index is 2.10. The highest BCUT2D eigenvalue weighted by Gasteiger charge is 2.19. The number of carbonyl (C=O) groups is 1. The minimum atomic E-state index is -0.247. The van der Waals surface area contributed by atoms with Gasteiger partial charge in [-0.2, -0.15) is 0 Å². The molecule has 0 unspecified atom stereocenters. The van der Waals surface area contributed by atoms with Gasteiger partial charge in [0.25, 0.3) is 0 Å². The van der Waals surface area contributed by atoms with E-state index in [1.807, 2.05) is 25.1 Å². The molecule has 4 heteroatoms. The zero-order chi connectivity index (χ0) is 15.0. The molecule has 1 aromatic heterocycles. The normalized spacial score (nSPS) is 10.8. The number of carbonyl (C=O) groups excluding carboxylic acids is 1. The zero-order valence-electron chi connectivity index (χ0n) is 11.6. The molecule has 1 heterocycles. The fraction of sp³-hybridized carbons (Fsp3) is 0.118. The van der Waals surface area contributed by atoms with Crippen molar-refractivity contribution in [2.45, 2.75) is 6.92 Å². The maximum atomic E-state index is 12.6. The number of halogens is 1. The highest BCUT2D eigenvalue weighted by atomic mass is 35.5. The lowest BCUT2D eigenvalue weighted by atomic mass is 10.1. The van der Waals surface area contributed by atoms with Crippen molar-refractivity contribution in [1.29, 1.82) is 0 Å². The van der Waals surface area contributed by atoms with Crippen LogP contribution in [0.3, 0.4) is 0 Å². The van der Waals surface area contributed by atoms with Crippen LogP contribution in [0.1, 0.15) is 21.7 Å². The molecule has 0 saturated heterocycles. The van der Waals surface area contributed by atoms with Gasteiger partial charge in [-0.1, -0.05) is 23.2 Å². The smallest absolute Gasteiger partial charge is 0.231 e. The Morgan fingerprint density at radius 2 is 1.95 bits per heavy atom. The molecule has 0 aliphatic heterocycles. The van der Waals surface area contributed by atoms with Crippen LogP contribution in [0.2, 0.25) is 5.02 Å². The van der Waals surface area contributed by atoms with Crippen LogP contribution in [-0.4, -0.2) is 12.9 Å². The Morgan fingerprint density at radius 1 is 1.14 bits per heavy atom. The number of furan rings is 1. The minimum absolute atomic E-state index is 0.247. The first kappa shape index (κ1) is 13.7. The molecule has 0 aliphatic carbocycles. The highest BCUT2D eigenvalue weighted by Crippen LogP contribution is 2.28. The van der Waals surface area contributed by atoms with E-state index in [9.17, 15) is 4.79 Å². The van der Waals surface area contributed by atoms with E-state index in [1.54, 1.807) is 24.3 Å². The molecular weight excluding hydrogens is 288 g/mol. The van der Waals surface area contributed by atoms with Crippen LogP contribution in [0.25, 0.3) is 11.0 Å². The molecule has 0 saturated carbocycles. The van der Waals surface area contributed by atoms with Gasteiger partial charge in [-0.25, -0.2) is 0 Å². The summed E-state index contributed by atoms with van der Waals surface area (Å²) in [4.78, 5) is 12.6. The second kappa shape index (κ2) is 5.26. The summed E-state index contributed by atoms with van der Waals surface area (Å²) in [6.07, 6.45) is 0. The molecule has 2 aromatic carbocycles. The molecule has 0 amide bonds. The minimum Gasteiger partial charge on any atom is -0.496 e. The summed E-state index contributed by atoms with van der Waals surface area (Å²) in [6, 6.07) is 12.5. The summed E-state index contributed by atoms with van der Waals surface area (Å²) in [7, 11) is 1.52. The SMILES string of the molecule is COc1ccc(Cl)cc1C(=O)c1cc2cc(C)ccc2o1. The molecule has 0 fully saturated rings. The van der Waals surface area contributed by atoms with Gasteiger partial charge in [0.15, 0.2) is 5.76 Å². The first-order valence-electron chi connectivity index (χ1n) is 6.47. The fourth-order valence-electron chi connectivity index (χ4n) is 2.27. The highest BCUT2D eigenvalue weighted by molar-refractivity contribution is 6.31. The van der Waals surface area contributed by atoms with E-state index in [1.165, 1.54) is 7.11 Å². The van der Waals surface area contributed by atoms with Crippen LogP contribution in [0.5, 0.6) is 5.75 Å². The molecule has 3 aromatic rings. The maximum Gasteiger partial charge on any atom is 0.231 e. The number of methoxy groups -OCH3 is 1. The third-order valence-corrected chi connectivity index (χ3v) is 3.54. The standard InChI is InChI=1S/C17H13ClO3/c1-10-3-5-14-11(7-10)8-16(21-14)17(19)13-9-12(18)4-6-15(13)20-2/h3-9H,1-2H3. The number of rotatable bonds is 3. The van der Waals surface area contributed by atoms with Gasteiger partial charge in [0.05, 0.1) is 12.7 Å². The Kier molecular flexibility index (Phi) is 3.43. The largest absolute Gasteiger partial charge is 0.496 e. The van der Waals surface area contributed by atoms with Crippen molar-refractivity contribution < 1.29 is 13.9 Å². The quantitative estimate of drug-likeness (QED) is 0.662. The van der Waals surface area contributed by atoms with Gasteiger partial charge in [-0.15, -0.1) is 0 Å². The van der Waals surface area contributed by atoms with Gasteiger partial charge < -0.3 is 9.15 Å². The number of ether oxygens (including phenoxy) is 1. The van der Waals surface area contributed by atoms with Crippen LogP contribution in [-0.2, 0) is 0 Å². The molecule has 106 valence electrons. The number of benzene rings is 2. The van der Waals surface area contributed by atoms with Crippen LogP contribution in [0.15, 0.2) is 46.9 Å². The average molecular weight is 301 g/mol. The molecule has 3 rings (SSSR count). The van der Waals surface area contributed by atoms with E-state index in [-0.39, 0.29) is 11.5 Å². The Bertz CT molecular complexity index is 833. The van der Waals surface area contributed by atoms with Gasteiger partial charge in [0.1, 0.15) is 11.3 Å². The van der Waals surface area contributed by atoms with Crippen LogP contribution in [0, 0.1) is 6.92 Å². The molecule has 0 aliphatic rings. The number of ketones is 1. The predicted octanol–water partition coefficient (Wildman–Crippen LogP) is 4.63. The number of fused-ring (bicyclic) bond motifs is 1. The molecule has 21 heavy (non-hydrogen) atoms. The lowest BCUT2D eigenvalue weighted by Crippen LogP contribution is -2.02. The second-order valence-electron chi connectivity index (χ2n) is 4.83. The summed E-state index contributed by atoms with van der Waals surface area (Å²) >= 11 is 5.97. The van der Waals surface area contributed by atoms with E-state index >= 15 is 0 Å². The van der Waals surface area contributed by atoms with E-state index in [4.69, 9.17) is 20.8 Å². The molecule has 0 spiro atoms. The molecule has 0 atom stereocenters. The summed E-state index contributed by atoms with van der Waals surface area (Å²) in [5.41, 5.74) is 2.19. The number of hydrogen-bond acceptors (Lipinski definition) is 3. The van der Waals surface area contributed by atoms with Crippen molar-refractivity contribution >= 4 is 28.4 Å². The first-order valence-corrected chi connectivity index (χ1v) is 6.85. The molecular formula is C17H13ClO3. The molecule has 0 radical (unpaired) electrons. The summed E-state index contributed by atoms with van der Waals surface area (Å²) in [5, 5.41) is 1.38. The monoisotopic (exact) mass is 300 g/mol. The third kappa shape index (κ3) is 2.52. The van der Waals surface area contributed by atoms with Gasteiger partial charge in [0.2, 0.25) is 5.78 Å². The molecule has 0 N–H and O–H groups in total. The summed E-state index contributed by atoms with van der Waals surface area (Å²) in [6.45, 7) is 1.99. The Labute approximate surface area is 127 Å². The first-order chi connectivity index (χ1) is 10.1. The van der Waals surface area contributed by atoms with Gasteiger partial charge in [-0.05, 0) is 43.3 Å². The van der Waals surface area contributed by atoms with Gasteiger partial charge in [-0.3, -0.25) is 4.79 Å². The Morgan fingerprint density at radius 3 is 2.71 bits per heavy atom. The van der Waals surface area contributed by atoms with Crippen LogP contribution < -0.4 is 4.74 Å². The van der Waals surface area contributed by atoms with Crippen molar-refractivity contribution in [3.05, 3.63) is 64.4 Å². The zero-order valence-corrected chi connectivity index (χ0v) is 12.4. The number of aryl methyl sites for hydroxylation is 1. The fourth-order valence-corrected chi connectivity index (χ4v) is 2.44. The van der Waals surface area contributed by atoms with E-state index in [2.05, 4.69) is 0 Å². The van der Waals surface area contributed by atoms with Crippen molar-refractivity contribution in [3.8, 4) is 5.75 Å². The predicted molar refractivity (Wildman–Crippen MR) is 82.4 cm³/mol. The van der Waals surface area contributed by atoms with Gasteiger partial charge in [0, 0.05) is 10.4 Å². The lowest BCUT2D eigenvalue weighted by Gasteiger charge is -2.06. The van der Waals surface area contributed by atoms with Crippen molar-refractivity contribution in [1.82, 2.24) is 0 Å². The average Bonchev–Trinajstić information content (AvgIpc) is 2.89. The second-order valence-corrected chi connectivity index (χ2v) is 5.26. The van der Waals surface area contributed by atoms with Crippen LogP contribution in [0.4, 0.5) is 0 Å². The maximum absolute atomic E-state index is 12.6.